The number of hydrogen-bond donors (Lipinski definition) is 0. The molecular formula is C39H46O8Si2. The number of esters is 2. The van der Waals surface area contributed by atoms with Crippen LogP contribution in [0, 0.1) is 0 Å². The van der Waals surface area contributed by atoms with E-state index < -0.39 is 34.2 Å². The predicted molar refractivity (Wildman–Crippen MR) is 198 cm³/mol. The Hall–Kier alpha value is -4.39. The summed E-state index contributed by atoms with van der Waals surface area (Å²) in [5, 5.41) is 1.24. The molecule has 1 aliphatic rings. The topological polar surface area (TPSA) is 89.5 Å². The van der Waals surface area contributed by atoms with Gasteiger partial charge >= 0.3 is 11.9 Å². The first kappa shape index (κ1) is 35.9. The molecule has 0 fully saturated rings. The number of methoxy groups -OCH3 is 3. The lowest BCUT2D eigenvalue weighted by atomic mass is 9.82. The zero-order valence-electron chi connectivity index (χ0n) is 29.7. The molecule has 0 unspecified atom stereocenters. The second kappa shape index (κ2) is 14.6. The SMILES string of the molecule is CCCC[Si](C)(C)O[Si](C)(C)CC(=O)Oc1c(C(=O)OC)c2c(c3ccccc13)OC(c1ccc(OC)cc1)(c1ccc(OC)cc1)C=C2. The van der Waals surface area contributed by atoms with E-state index in [-0.39, 0.29) is 17.4 Å². The van der Waals surface area contributed by atoms with E-state index >= 15 is 0 Å². The zero-order valence-corrected chi connectivity index (χ0v) is 31.7. The minimum atomic E-state index is -2.45. The highest BCUT2D eigenvalue weighted by molar-refractivity contribution is 6.86. The summed E-state index contributed by atoms with van der Waals surface area (Å²) in [6.45, 7) is 10.7. The van der Waals surface area contributed by atoms with Crippen LogP contribution in [0.3, 0.4) is 0 Å². The summed E-state index contributed by atoms with van der Waals surface area (Å²) >= 11 is 0. The van der Waals surface area contributed by atoms with Crippen LogP contribution in [0.5, 0.6) is 23.0 Å². The maximum Gasteiger partial charge on any atom is 0.342 e. The fourth-order valence-electron chi connectivity index (χ4n) is 6.56. The number of unbranched alkanes of at least 4 members (excludes halogenated alkanes) is 1. The van der Waals surface area contributed by atoms with Gasteiger partial charge in [-0.25, -0.2) is 4.79 Å². The molecule has 0 amide bonds. The van der Waals surface area contributed by atoms with Gasteiger partial charge in [0, 0.05) is 27.5 Å². The average Bonchev–Trinajstić information content (AvgIpc) is 3.09. The van der Waals surface area contributed by atoms with Gasteiger partial charge in [0.25, 0.3) is 0 Å². The Morgan fingerprint density at radius 1 is 0.776 bits per heavy atom. The number of hydrogen-bond acceptors (Lipinski definition) is 8. The molecular weight excluding hydrogens is 653 g/mol. The largest absolute Gasteiger partial charge is 0.497 e. The molecule has 0 N–H and O–H groups in total. The van der Waals surface area contributed by atoms with Crippen molar-refractivity contribution >= 4 is 45.4 Å². The number of rotatable bonds is 13. The molecule has 0 saturated heterocycles. The first-order chi connectivity index (χ1) is 23.4. The molecule has 258 valence electrons. The molecule has 8 nitrogen and oxygen atoms in total. The third kappa shape index (κ3) is 7.61. The maximum atomic E-state index is 13.7. The molecule has 0 atom stereocenters. The van der Waals surface area contributed by atoms with Crippen molar-refractivity contribution in [3.8, 4) is 23.0 Å². The molecule has 0 bridgehead atoms. The molecule has 0 aromatic heterocycles. The summed E-state index contributed by atoms with van der Waals surface area (Å²) in [6.07, 6.45) is 5.97. The van der Waals surface area contributed by atoms with Crippen LogP contribution in [0.4, 0.5) is 0 Å². The number of ether oxygens (including phenoxy) is 5. The van der Waals surface area contributed by atoms with Crippen LogP contribution in [-0.4, -0.2) is 49.9 Å². The number of carbonyl (C=O) groups excluding carboxylic acids is 2. The Balaban J connectivity index is 1.63. The molecule has 1 heterocycles. The van der Waals surface area contributed by atoms with Gasteiger partial charge in [0.15, 0.2) is 28.0 Å². The summed E-state index contributed by atoms with van der Waals surface area (Å²) in [7, 11) is 0.157. The lowest BCUT2D eigenvalue weighted by molar-refractivity contribution is -0.132. The minimum Gasteiger partial charge on any atom is -0.497 e. The van der Waals surface area contributed by atoms with E-state index in [0.29, 0.717) is 33.6 Å². The van der Waals surface area contributed by atoms with Crippen LogP contribution in [-0.2, 0) is 19.2 Å². The number of carbonyl (C=O) groups is 2. The average molecular weight is 699 g/mol. The second-order valence-corrected chi connectivity index (χ2v) is 22.2. The Labute approximate surface area is 291 Å². The molecule has 0 aliphatic carbocycles. The molecule has 0 radical (unpaired) electrons. The van der Waals surface area contributed by atoms with Crippen molar-refractivity contribution in [2.75, 3.05) is 21.3 Å². The van der Waals surface area contributed by atoms with Gasteiger partial charge in [0.05, 0.1) is 27.4 Å². The van der Waals surface area contributed by atoms with Gasteiger partial charge in [0.2, 0.25) is 0 Å². The van der Waals surface area contributed by atoms with Crippen LogP contribution in [0.2, 0.25) is 38.3 Å². The van der Waals surface area contributed by atoms with Crippen LogP contribution in [0.1, 0.15) is 46.8 Å². The Bertz CT molecular complexity index is 1800. The van der Waals surface area contributed by atoms with Crippen LogP contribution >= 0.6 is 0 Å². The summed E-state index contributed by atoms with van der Waals surface area (Å²) in [5.41, 5.74) is 1.19. The third-order valence-corrected chi connectivity index (χ3v) is 15.9. The molecule has 4 aromatic rings. The normalized spacial score (nSPS) is 13.7. The van der Waals surface area contributed by atoms with E-state index in [1.54, 1.807) is 14.2 Å². The quantitative estimate of drug-likeness (QED) is 0.0776. The van der Waals surface area contributed by atoms with Crippen molar-refractivity contribution in [1.29, 1.82) is 0 Å². The number of benzene rings is 4. The van der Waals surface area contributed by atoms with Gasteiger partial charge in [-0.05, 0) is 68.6 Å². The van der Waals surface area contributed by atoms with Gasteiger partial charge in [-0.1, -0.05) is 68.3 Å². The van der Waals surface area contributed by atoms with Crippen molar-refractivity contribution in [2.45, 2.75) is 63.6 Å². The van der Waals surface area contributed by atoms with Gasteiger partial charge in [-0.15, -0.1) is 0 Å². The third-order valence-electron chi connectivity index (χ3n) is 8.80. The van der Waals surface area contributed by atoms with Gasteiger partial charge in [0.1, 0.15) is 22.8 Å². The highest BCUT2D eigenvalue weighted by Crippen LogP contribution is 2.50. The lowest BCUT2D eigenvalue weighted by Gasteiger charge is -2.37. The van der Waals surface area contributed by atoms with Gasteiger partial charge in [-0.2, -0.15) is 0 Å². The van der Waals surface area contributed by atoms with E-state index in [1.165, 1.54) is 7.11 Å². The second-order valence-electron chi connectivity index (χ2n) is 13.5. The summed E-state index contributed by atoms with van der Waals surface area (Å²) in [5.74, 6) is 0.947. The van der Waals surface area contributed by atoms with Crippen molar-refractivity contribution in [3.63, 3.8) is 0 Å². The van der Waals surface area contributed by atoms with Crippen LogP contribution in [0.15, 0.2) is 78.9 Å². The van der Waals surface area contributed by atoms with Crippen molar-refractivity contribution in [1.82, 2.24) is 0 Å². The van der Waals surface area contributed by atoms with Gasteiger partial charge < -0.3 is 27.8 Å². The highest BCUT2D eigenvalue weighted by Gasteiger charge is 2.41. The number of fused-ring (bicyclic) bond motifs is 3. The molecule has 0 saturated carbocycles. The van der Waals surface area contributed by atoms with Crippen molar-refractivity contribution in [3.05, 3.63) is 101 Å². The Kier molecular flexibility index (Phi) is 10.7. The maximum absolute atomic E-state index is 13.7. The van der Waals surface area contributed by atoms with Crippen molar-refractivity contribution < 1.29 is 37.4 Å². The van der Waals surface area contributed by atoms with E-state index in [0.717, 1.165) is 30.0 Å². The van der Waals surface area contributed by atoms with E-state index in [1.807, 2.05) is 84.9 Å². The Morgan fingerprint density at radius 2 is 1.35 bits per heavy atom. The van der Waals surface area contributed by atoms with Gasteiger partial charge in [-0.3, -0.25) is 4.79 Å². The Morgan fingerprint density at radius 3 is 1.88 bits per heavy atom. The molecule has 5 rings (SSSR count). The molecule has 49 heavy (non-hydrogen) atoms. The van der Waals surface area contributed by atoms with Crippen molar-refractivity contribution in [2.24, 2.45) is 0 Å². The molecule has 4 aromatic carbocycles. The van der Waals surface area contributed by atoms with E-state index in [2.05, 4.69) is 33.1 Å². The van der Waals surface area contributed by atoms with Crippen LogP contribution < -0.4 is 18.9 Å². The lowest BCUT2D eigenvalue weighted by Crippen LogP contribution is -2.45. The first-order valence-electron chi connectivity index (χ1n) is 16.6. The standard InChI is InChI=1S/C39H46O8Si2/c1-9-10-25-48(5,6)47-49(7,8)26-34(40)45-37-32-14-12-11-13-31(32)36-33(35(37)38(41)44-4)23-24-39(46-36,27-15-19-29(42-2)20-16-27)28-17-21-30(43-3)22-18-28/h11-24H,9-10,25-26H2,1-8H3. The first-order valence-corrected chi connectivity index (χ1v) is 22.8. The monoisotopic (exact) mass is 698 g/mol. The summed E-state index contributed by atoms with van der Waals surface area (Å²) in [4.78, 5) is 27.3. The highest BCUT2D eigenvalue weighted by atomic mass is 28.4. The fraction of sp³-hybridized carbons (Fsp3) is 0.333. The predicted octanol–water partition coefficient (Wildman–Crippen LogP) is 9.13. The smallest absolute Gasteiger partial charge is 0.342 e. The summed E-state index contributed by atoms with van der Waals surface area (Å²) in [6, 6.07) is 24.0. The fourth-order valence-corrected chi connectivity index (χ4v) is 15.2. The van der Waals surface area contributed by atoms with E-state index in [9.17, 15) is 9.59 Å². The molecule has 0 spiro atoms. The van der Waals surface area contributed by atoms with Crippen LogP contribution in [0.25, 0.3) is 16.8 Å². The minimum absolute atomic E-state index is 0.122. The zero-order chi connectivity index (χ0) is 35.4. The molecule has 1 aliphatic heterocycles. The molecule has 10 heteroatoms. The van der Waals surface area contributed by atoms with E-state index in [4.69, 9.17) is 27.8 Å². The summed E-state index contributed by atoms with van der Waals surface area (Å²) < 4.78 is 36.1.